The van der Waals surface area contributed by atoms with Crippen molar-refractivity contribution in [3.63, 3.8) is 0 Å². The normalized spacial score (nSPS) is 12.0. The van der Waals surface area contributed by atoms with Gasteiger partial charge >= 0.3 is 0 Å². The van der Waals surface area contributed by atoms with E-state index in [1.165, 1.54) is 0 Å². The van der Waals surface area contributed by atoms with E-state index in [4.69, 9.17) is 16.3 Å². The highest BCUT2D eigenvalue weighted by atomic mass is 35.5. The summed E-state index contributed by atoms with van der Waals surface area (Å²) >= 11 is 5.84. The monoisotopic (exact) mass is 269 g/mol. The lowest BCUT2D eigenvalue weighted by atomic mass is 10.1. The van der Waals surface area contributed by atoms with E-state index in [0.717, 1.165) is 5.52 Å². The van der Waals surface area contributed by atoms with Crippen LogP contribution < -0.4 is 5.32 Å². The summed E-state index contributed by atoms with van der Waals surface area (Å²) in [6.45, 7) is 7.27. The molecule has 98 valence electrons. The number of nitrogens with zero attached hydrogens (tertiary/aromatic N) is 3. The number of imidazole rings is 1. The Morgan fingerprint density at radius 3 is 2.94 bits per heavy atom. The van der Waals surface area contributed by atoms with E-state index in [1.54, 1.807) is 6.33 Å². The molecule has 0 radical (unpaired) electrons. The molecule has 2 N–H and O–H groups in total. The van der Waals surface area contributed by atoms with Crippen LogP contribution in [0.25, 0.3) is 11.2 Å². The van der Waals surface area contributed by atoms with Crippen molar-refractivity contribution in [2.24, 2.45) is 0 Å². The minimum absolute atomic E-state index is 0.173. The van der Waals surface area contributed by atoms with Crippen molar-refractivity contribution in [3.8, 4) is 0 Å². The number of hydrogen-bond acceptors (Lipinski definition) is 5. The van der Waals surface area contributed by atoms with E-state index in [9.17, 15) is 0 Å². The molecule has 0 saturated carbocycles. The van der Waals surface area contributed by atoms with Crippen molar-refractivity contribution in [3.05, 3.63) is 11.6 Å². The van der Waals surface area contributed by atoms with Crippen LogP contribution in [0, 0.1) is 0 Å². The topological polar surface area (TPSA) is 75.7 Å². The van der Waals surface area contributed by atoms with E-state index in [1.807, 2.05) is 20.8 Å². The zero-order chi connectivity index (χ0) is 13.2. The standard InChI is InChI=1S/C11H16ClN5O/c1-4-18-11(2,3)5-13-8-7-9(15-6-14-7)17-10(12)16-8/h6H,4-5H2,1-3H3,(H2,13,14,15,16,17). The van der Waals surface area contributed by atoms with Crippen LogP contribution in [0.3, 0.4) is 0 Å². The number of halogens is 1. The molecule has 0 aromatic carbocycles. The van der Waals surface area contributed by atoms with Gasteiger partial charge in [0.1, 0.15) is 5.52 Å². The maximum Gasteiger partial charge on any atom is 0.226 e. The number of aromatic amines is 1. The maximum absolute atomic E-state index is 5.84. The molecular formula is C11H16ClN5O. The molecule has 0 aliphatic heterocycles. The lowest BCUT2D eigenvalue weighted by molar-refractivity contribution is 0.000661. The number of H-pyrrole nitrogens is 1. The van der Waals surface area contributed by atoms with Crippen LogP contribution in [0.15, 0.2) is 6.33 Å². The van der Waals surface area contributed by atoms with Crippen molar-refractivity contribution in [1.29, 1.82) is 0 Å². The Kier molecular flexibility index (Phi) is 3.68. The first-order valence-corrected chi connectivity index (χ1v) is 6.14. The van der Waals surface area contributed by atoms with E-state index < -0.39 is 0 Å². The van der Waals surface area contributed by atoms with E-state index in [-0.39, 0.29) is 10.9 Å². The van der Waals surface area contributed by atoms with Gasteiger partial charge in [0.2, 0.25) is 5.28 Å². The Morgan fingerprint density at radius 2 is 2.22 bits per heavy atom. The summed E-state index contributed by atoms with van der Waals surface area (Å²) in [5.41, 5.74) is 1.01. The molecule has 0 bridgehead atoms. The molecule has 6 nitrogen and oxygen atoms in total. The summed E-state index contributed by atoms with van der Waals surface area (Å²) in [6, 6.07) is 0. The first kappa shape index (κ1) is 13.0. The quantitative estimate of drug-likeness (QED) is 0.814. The van der Waals surface area contributed by atoms with Crippen molar-refractivity contribution < 1.29 is 4.74 Å². The van der Waals surface area contributed by atoms with Gasteiger partial charge in [-0.25, -0.2) is 4.98 Å². The third-order valence-electron chi connectivity index (χ3n) is 2.47. The van der Waals surface area contributed by atoms with Gasteiger partial charge in [0.05, 0.1) is 11.9 Å². The molecule has 0 spiro atoms. The largest absolute Gasteiger partial charge is 0.374 e. The number of anilines is 1. The fraction of sp³-hybridized carbons (Fsp3) is 0.545. The number of rotatable bonds is 5. The van der Waals surface area contributed by atoms with Crippen LogP contribution in [0.4, 0.5) is 5.82 Å². The van der Waals surface area contributed by atoms with Crippen LogP contribution in [0.1, 0.15) is 20.8 Å². The predicted molar refractivity (Wildman–Crippen MR) is 70.9 cm³/mol. The highest BCUT2D eigenvalue weighted by Gasteiger charge is 2.18. The first-order valence-electron chi connectivity index (χ1n) is 5.76. The summed E-state index contributed by atoms with van der Waals surface area (Å²) in [7, 11) is 0. The predicted octanol–water partition coefficient (Wildman–Crippen LogP) is 2.23. The summed E-state index contributed by atoms with van der Waals surface area (Å²) in [6.07, 6.45) is 1.56. The van der Waals surface area contributed by atoms with Gasteiger partial charge in [-0.15, -0.1) is 0 Å². The third-order valence-corrected chi connectivity index (χ3v) is 2.64. The highest BCUT2D eigenvalue weighted by molar-refractivity contribution is 6.28. The Hall–Kier alpha value is -1.40. The summed E-state index contributed by atoms with van der Waals surface area (Å²) < 4.78 is 5.61. The number of aromatic nitrogens is 4. The van der Waals surface area contributed by atoms with Gasteiger partial charge in [-0.2, -0.15) is 9.97 Å². The zero-order valence-corrected chi connectivity index (χ0v) is 11.4. The Bertz CT molecular complexity index is 539. The zero-order valence-electron chi connectivity index (χ0n) is 10.6. The molecule has 0 unspecified atom stereocenters. The Labute approximate surface area is 110 Å². The summed E-state index contributed by atoms with van der Waals surface area (Å²) in [4.78, 5) is 15.2. The average molecular weight is 270 g/mol. The van der Waals surface area contributed by atoms with Crippen LogP contribution in [0.5, 0.6) is 0 Å². The van der Waals surface area contributed by atoms with Gasteiger partial charge in [-0.1, -0.05) is 0 Å². The van der Waals surface area contributed by atoms with Crippen LogP contribution in [-0.4, -0.2) is 38.7 Å². The van der Waals surface area contributed by atoms with Gasteiger partial charge in [-0.3, -0.25) is 0 Å². The molecule has 2 aromatic rings. The Morgan fingerprint density at radius 1 is 1.44 bits per heavy atom. The molecular weight excluding hydrogens is 254 g/mol. The van der Waals surface area contributed by atoms with Gasteiger partial charge in [0.25, 0.3) is 0 Å². The molecule has 2 aromatic heterocycles. The van der Waals surface area contributed by atoms with E-state index >= 15 is 0 Å². The van der Waals surface area contributed by atoms with E-state index in [0.29, 0.717) is 24.6 Å². The minimum atomic E-state index is -0.279. The SMILES string of the molecule is CCOC(C)(C)CNc1nc(Cl)nc2nc[nH]c12. The van der Waals surface area contributed by atoms with Gasteiger partial charge in [0.15, 0.2) is 11.5 Å². The van der Waals surface area contributed by atoms with Gasteiger partial charge in [0, 0.05) is 13.2 Å². The molecule has 2 rings (SSSR count). The van der Waals surface area contributed by atoms with Crippen molar-refractivity contribution >= 4 is 28.6 Å². The lowest BCUT2D eigenvalue weighted by Crippen LogP contribution is -2.33. The van der Waals surface area contributed by atoms with Crippen LogP contribution >= 0.6 is 11.6 Å². The molecule has 7 heteroatoms. The molecule has 0 aliphatic carbocycles. The highest BCUT2D eigenvalue weighted by Crippen LogP contribution is 2.20. The molecule has 0 amide bonds. The van der Waals surface area contributed by atoms with Crippen molar-refractivity contribution in [2.45, 2.75) is 26.4 Å². The first-order chi connectivity index (χ1) is 8.52. The maximum atomic E-state index is 5.84. The van der Waals surface area contributed by atoms with Gasteiger partial charge < -0.3 is 15.0 Å². The molecule has 2 heterocycles. The fourth-order valence-electron chi connectivity index (χ4n) is 1.67. The summed E-state index contributed by atoms with van der Waals surface area (Å²) in [5.74, 6) is 0.635. The summed E-state index contributed by atoms with van der Waals surface area (Å²) in [5, 5.41) is 3.38. The van der Waals surface area contributed by atoms with Crippen molar-refractivity contribution in [2.75, 3.05) is 18.5 Å². The smallest absolute Gasteiger partial charge is 0.226 e. The molecule has 18 heavy (non-hydrogen) atoms. The third kappa shape index (κ3) is 2.88. The molecule has 0 fully saturated rings. The van der Waals surface area contributed by atoms with Crippen LogP contribution in [-0.2, 0) is 4.74 Å². The van der Waals surface area contributed by atoms with Gasteiger partial charge in [-0.05, 0) is 32.4 Å². The minimum Gasteiger partial charge on any atom is -0.374 e. The number of fused-ring (bicyclic) bond motifs is 1. The molecule has 0 atom stereocenters. The molecule has 0 aliphatic rings. The Balaban J connectivity index is 2.19. The van der Waals surface area contributed by atoms with E-state index in [2.05, 4.69) is 25.3 Å². The molecule has 0 saturated heterocycles. The number of hydrogen-bond donors (Lipinski definition) is 2. The fourth-order valence-corrected chi connectivity index (χ4v) is 1.84. The number of ether oxygens (including phenoxy) is 1. The second kappa shape index (κ2) is 5.07. The second-order valence-electron chi connectivity index (χ2n) is 4.49. The number of nitrogens with one attached hydrogen (secondary N) is 2. The average Bonchev–Trinajstić information content (AvgIpc) is 2.73. The van der Waals surface area contributed by atoms with Crippen LogP contribution in [0.2, 0.25) is 5.28 Å². The van der Waals surface area contributed by atoms with Crippen molar-refractivity contribution in [1.82, 2.24) is 19.9 Å². The second-order valence-corrected chi connectivity index (χ2v) is 4.83. The lowest BCUT2D eigenvalue weighted by Gasteiger charge is -2.25.